The lowest BCUT2D eigenvalue weighted by Crippen LogP contribution is -2.23. The minimum atomic E-state index is -0.322. The van der Waals surface area contributed by atoms with E-state index in [9.17, 15) is 9.59 Å². The maximum Gasteiger partial charge on any atom is 0.260 e. The first-order valence-corrected chi connectivity index (χ1v) is 10.3. The molecule has 2 amide bonds. The maximum atomic E-state index is 12.9. The molecule has 4 rings (SSSR count). The fraction of sp³-hybridized carbons (Fsp3) is 0.261. The average molecular weight is 423 g/mol. The molecule has 1 saturated heterocycles. The van der Waals surface area contributed by atoms with E-state index < -0.39 is 0 Å². The molecule has 3 aromatic rings. The molecule has 0 atom stereocenters. The van der Waals surface area contributed by atoms with Crippen LogP contribution in [0.5, 0.6) is 0 Å². The van der Waals surface area contributed by atoms with E-state index in [2.05, 4.69) is 10.4 Å². The summed E-state index contributed by atoms with van der Waals surface area (Å²) in [6.45, 7) is 4.99. The number of nitrogens with one attached hydrogen (secondary N) is 1. The third kappa shape index (κ3) is 4.09. The fourth-order valence-corrected chi connectivity index (χ4v) is 3.97. The first-order valence-electron chi connectivity index (χ1n) is 9.92. The van der Waals surface area contributed by atoms with Gasteiger partial charge in [0.1, 0.15) is 5.15 Å². The Morgan fingerprint density at radius 1 is 1.17 bits per heavy atom. The number of benzene rings is 2. The van der Waals surface area contributed by atoms with E-state index >= 15 is 0 Å². The van der Waals surface area contributed by atoms with Crippen LogP contribution < -0.4 is 10.2 Å². The topological polar surface area (TPSA) is 67.2 Å². The van der Waals surface area contributed by atoms with E-state index in [1.807, 2.05) is 43.3 Å². The zero-order valence-electron chi connectivity index (χ0n) is 17.0. The Hall–Kier alpha value is -3.12. The summed E-state index contributed by atoms with van der Waals surface area (Å²) in [4.78, 5) is 26.7. The van der Waals surface area contributed by atoms with Crippen molar-refractivity contribution in [3.63, 3.8) is 0 Å². The smallest absolute Gasteiger partial charge is 0.260 e. The average Bonchev–Trinajstić information content (AvgIpc) is 3.26. The molecule has 154 valence electrons. The molecule has 6 nitrogen and oxygen atoms in total. The van der Waals surface area contributed by atoms with Gasteiger partial charge < -0.3 is 10.2 Å². The molecule has 0 unspecified atom stereocenters. The number of nitrogens with zero attached hydrogens (tertiary/aromatic N) is 3. The fourth-order valence-electron chi connectivity index (χ4n) is 3.65. The van der Waals surface area contributed by atoms with Crippen molar-refractivity contribution in [3.05, 3.63) is 76.1 Å². The molecule has 1 aliphatic heterocycles. The lowest BCUT2D eigenvalue weighted by Gasteiger charge is -2.16. The molecule has 7 heteroatoms. The zero-order chi connectivity index (χ0) is 21.3. The van der Waals surface area contributed by atoms with Crippen LogP contribution in [0, 0.1) is 13.8 Å². The van der Waals surface area contributed by atoms with Crippen LogP contribution in [0.3, 0.4) is 0 Å². The number of rotatable bonds is 5. The molecule has 1 aromatic heterocycles. The van der Waals surface area contributed by atoms with Crippen molar-refractivity contribution in [2.45, 2.75) is 33.2 Å². The molecule has 1 fully saturated rings. The van der Waals surface area contributed by atoms with Gasteiger partial charge in [0.15, 0.2) is 0 Å². The Morgan fingerprint density at radius 2 is 1.93 bits per heavy atom. The summed E-state index contributed by atoms with van der Waals surface area (Å²) in [5, 5.41) is 7.64. The quantitative estimate of drug-likeness (QED) is 0.654. The first kappa shape index (κ1) is 20.2. The molecule has 0 spiro atoms. The van der Waals surface area contributed by atoms with E-state index in [4.69, 9.17) is 11.6 Å². The highest BCUT2D eigenvalue weighted by Gasteiger charge is 2.23. The van der Waals surface area contributed by atoms with Crippen LogP contribution in [0.1, 0.15) is 40.0 Å². The van der Waals surface area contributed by atoms with Crippen LogP contribution in [-0.2, 0) is 11.3 Å². The predicted molar refractivity (Wildman–Crippen MR) is 118 cm³/mol. The van der Waals surface area contributed by atoms with E-state index in [0.717, 1.165) is 17.7 Å². The molecule has 0 saturated carbocycles. The number of carbonyl (C=O) groups is 2. The van der Waals surface area contributed by atoms with Crippen molar-refractivity contribution in [1.82, 2.24) is 9.78 Å². The van der Waals surface area contributed by atoms with Crippen LogP contribution in [0.4, 0.5) is 11.4 Å². The molecule has 0 bridgehead atoms. The van der Waals surface area contributed by atoms with Crippen LogP contribution in [-0.4, -0.2) is 28.1 Å². The lowest BCUT2D eigenvalue weighted by molar-refractivity contribution is -0.117. The SMILES string of the molecule is Cc1ccc(Cn2nc(C)c(C(=O)Nc3cccc(N4CCCC4=O)c3)c2Cl)cc1. The number of amides is 2. The molecule has 0 radical (unpaired) electrons. The van der Waals surface area contributed by atoms with E-state index in [-0.39, 0.29) is 11.8 Å². The number of anilines is 2. The Balaban J connectivity index is 1.53. The first-order chi connectivity index (χ1) is 14.4. The molecule has 1 aliphatic rings. The van der Waals surface area contributed by atoms with Crippen LogP contribution in [0.2, 0.25) is 5.15 Å². The van der Waals surface area contributed by atoms with E-state index in [1.54, 1.807) is 28.6 Å². The molecule has 2 heterocycles. The second-order valence-corrected chi connectivity index (χ2v) is 7.91. The van der Waals surface area contributed by atoms with Crippen molar-refractivity contribution in [1.29, 1.82) is 0 Å². The third-order valence-corrected chi connectivity index (χ3v) is 5.62. The predicted octanol–water partition coefficient (Wildman–Crippen LogP) is 4.58. The van der Waals surface area contributed by atoms with Crippen LogP contribution >= 0.6 is 11.6 Å². The summed E-state index contributed by atoms with van der Waals surface area (Å²) in [5.74, 6) is -0.215. The summed E-state index contributed by atoms with van der Waals surface area (Å²) in [6.07, 6.45) is 1.41. The van der Waals surface area contributed by atoms with Gasteiger partial charge in [0.05, 0.1) is 17.8 Å². The van der Waals surface area contributed by atoms with Crippen LogP contribution in [0.15, 0.2) is 48.5 Å². The minimum absolute atomic E-state index is 0.106. The van der Waals surface area contributed by atoms with Crippen molar-refractivity contribution in [2.24, 2.45) is 0 Å². The van der Waals surface area contributed by atoms with Gasteiger partial charge in [0.25, 0.3) is 5.91 Å². The third-order valence-electron chi connectivity index (χ3n) is 5.23. The van der Waals surface area contributed by atoms with Crippen molar-refractivity contribution < 1.29 is 9.59 Å². The Bertz CT molecular complexity index is 1100. The number of hydrogen-bond donors (Lipinski definition) is 1. The summed E-state index contributed by atoms with van der Waals surface area (Å²) >= 11 is 6.51. The van der Waals surface area contributed by atoms with Gasteiger partial charge in [-0.2, -0.15) is 5.10 Å². The van der Waals surface area contributed by atoms with E-state index in [1.165, 1.54) is 5.56 Å². The van der Waals surface area contributed by atoms with Gasteiger partial charge in [-0.3, -0.25) is 9.59 Å². The minimum Gasteiger partial charge on any atom is -0.322 e. The lowest BCUT2D eigenvalue weighted by atomic mass is 10.1. The van der Waals surface area contributed by atoms with Gasteiger partial charge in [-0.15, -0.1) is 0 Å². The Kier molecular flexibility index (Phi) is 5.59. The number of halogens is 1. The highest BCUT2D eigenvalue weighted by atomic mass is 35.5. The van der Waals surface area contributed by atoms with Crippen molar-refractivity contribution >= 4 is 34.8 Å². The molecule has 0 aliphatic carbocycles. The number of hydrogen-bond acceptors (Lipinski definition) is 3. The molecule has 1 N–H and O–H groups in total. The van der Waals surface area contributed by atoms with Gasteiger partial charge in [0.2, 0.25) is 5.91 Å². The second kappa shape index (κ2) is 8.32. The zero-order valence-corrected chi connectivity index (χ0v) is 17.7. The Morgan fingerprint density at radius 3 is 2.63 bits per heavy atom. The highest BCUT2D eigenvalue weighted by Crippen LogP contribution is 2.26. The number of aromatic nitrogens is 2. The van der Waals surface area contributed by atoms with Gasteiger partial charge >= 0.3 is 0 Å². The standard InChI is InChI=1S/C23H23ClN4O2/c1-15-8-10-17(11-9-15)14-28-22(24)21(16(2)26-28)23(30)25-18-5-3-6-19(13-18)27-12-4-7-20(27)29/h3,5-6,8-11,13H,4,7,12,14H2,1-2H3,(H,25,30). The number of aryl methyl sites for hydroxylation is 2. The van der Waals surface area contributed by atoms with Gasteiger partial charge in [0, 0.05) is 24.3 Å². The van der Waals surface area contributed by atoms with Crippen molar-refractivity contribution in [3.8, 4) is 0 Å². The number of carbonyl (C=O) groups excluding carboxylic acids is 2. The summed E-state index contributed by atoms with van der Waals surface area (Å²) in [6, 6.07) is 15.4. The van der Waals surface area contributed by atoms with Gasteiger partial charge in [-0.05, 0) is 44.0 Å². The summed E-state index contributed by atoms with van der Waals surface area (Å²) < 4.78 is 1.63. The highest BCUT2D eigenvalue weighted by molar-refractivity contribution is 6.33. The normalized spacial score (nSPS) is 13.7. The summed E-state index contributed by atoms with van der Waals surface area (Å²) in [5.41, 5.74) is 4.55. The van der Waals surface area contributed by atoms with Crippen LogP contribution in [0.25, 0.3) is 0 Å². The Labute approximate surface area is 180 Å². The largest absolute Gasteiger partial charge is 0.322 e. The maximum absolute atomic E-state index is 12.9. The molecule has 30 heavy (non-hydrogen) atoms. The monoisotopic (exact) mass is 422 g/mol. The molecule has 2 aromatic carbocycles. The molecular formula is C23H23ClN4O2. The van der Waals surface area contributed by atoms with Gasteiger partial charge in [-0.1, -0.05) is 47.5 Å². The van der Waals surface area contributed by atoms with Gasteiger partial charge in [-0.25, -0.2) is 4.68 Å². The van der Waals surface area contributed by atoms with Crippen molar-refractivity contribution in [2.75, 3.05) is 16.8 Å². The van der Waals surface area contributed by atoms with E-state index in [0.29, 0.717) is 41.6 Å². The summed E-state index contributed by atoms with van der Waals surface area (Å²) in [7, 11) is 0. The molecular weight excluding hydrogens is 400 g/mol. The second-order valence-electron chi connectivity index (χ2n) is 7.55.